The van der Waals surface area contributed by atoms with E-state index in [2.05, 4.69) is 4.72 Å². The van der Waals surface area contributed by atoms with Gasteiger partial charge in [-0.2, -0.15) is 0 Å². The number of hydrogen-bond acceptors (Lipinski definition) is 5. The Morgan fingerprint density at radius 2 is 1.70 bits per heavy atom. The molecule has 0 bridgehead atoms. The molecule has 0 amide bonds. The number of non-ortho nitro benzene ring substituents is 1. The first-order valence-corrected chi connectivity index (χ1v) is 8.28. The molecule has 7 nitrogen and oxygen atoms in total. The lowest BCUT2D eigenvalue weighted by Gasteiger charge is -2.07. The molecule has 2 rings (SSSR count). The van der Waals surface area contributed by atoms with Crippen molar-refractivity contribution in [3.8, 4) is 5.75 Å². The number of nitrogens with zero attached hydrogens (tertiary/aromatic N) is 1. The minimum Gasteiger partial charge on any atom is -0.497 e. The van der Waals surface area contributed by atoms with E-state index in [4.69, 9.17) is 4.74 Å². The number of nitro groups is 1. The van der Waals surface area contributed by atoms with Crippen molar-refractivity contribution >= 4 is 15.7 Å². The van der Waals surface area contributed by atoms with E-state index in [1.807, 2.05) is 12.1 Å². The topological polar surface area (TPSA) is 98.5 Å². The fourth-order valence-electron chi connectivity index (χ4n) is 1.95. The molecule has 0 atom stereocenters. The van der Waals surface area contributed by atoms with Crippen molar-refractivity contribution in [2.75, 3.05) is 13.7 Å². The molecule has 2 aromatic rings. The lowest BCUT2D eigenvalue weighted by Crippen LogP contribution is -2.25. The maximum absolute atomic E-state index is 12.1. The first kappa shape index (κ1) is 16.9. The van der Waals surface area contributed by atoms with Gasteiger partial charge in [0.15, 0.2) is 0 Å². The summed E-state index contributed by atoms with van der Waals surface area (Å²) in [4.78, 5) is 9.99. The molecule has 2 aromatic carbocycles. The number of ether oxygens (including phenoxy) is 1. The van der Waals surface area contributed by atoms with Crippen LogP contribution >= 0.6 is 0 Å². The third kappa shape index (κ3) is 4.51. The molecule has 0 saturated carbocycles. The van der Waals surface area contributed by atoms with Crippen LogP contribution in [0.2, 0.25) is 0 Å². The smallest absolute Gasteiger partial charge is 0.269 e. The number of hydrogen-bond donors (Lipinski definition) is 1. The maximum Gasteiger partial charge on any atom is 0.269 e. The zero-order valence-corrected chi connectivity index (χ0v) is 13.2. The maximum atomic E-state index is 12.1. The largest absolute Gasteiger partial charge is 0.497 e. The van der Waals surface area contributed by atoms with E-state index in [9.17, 15) is 18.5 Å². The fourth-order valence-corrected chi connectivity index (χ4v) is 2.98. The molecule has 122 valence electrons. The van der Waals surface area contributed by atoms with Gasteiger partial charge >= 0.3 is 0 Å². The van der Waals surface area contributed by atoms with Crippen molar-refractivity contribution in [3.05, 3.63) is 64.2 Å². The predicted octanol–water partition coefficient (Wildman–Crippen LogP) is 2.12. The first-order valence-electron chi connectivity index (χ1n) is 6.79. The highest BCUT2D eigenvalue weighted by molar-refractivity contribution is 7.89. The summed E-state index contributed by atoms with van der Waals surface area (Å²) in [7, 11) is -2.11. The number of methoxy groups -OCH3 is 1. The van der Waals surface area contributed by atoms with Crippen LogP contribution in [-0.4, -0.2) is 27.0 Å². The molecule has 23 heavy (non-hydrogen) atoms. The summed E-state index contributed by atoms with van der Waals surface area (Å²) in [6, 6.07) is 12.1. The van der Waals surface area contributed by atoms with Gasteiger partial charge in [-0.15, -0.1) is 0 Å². The molecule has 0 aliphatic heterocycles. The molecule has 0 radical (unpaired) electrons. The molecule has 0 fully saturated rings. The van der Waals surface area contributed by atoms with E-state index >= 15 is 0 Å². The molecule has 0 unspecified atom stereocenters. The van der Waals surface area contributed by atoms with E-state index in [0.717, 1.165) is 23.4 Å². The molecule has 8 heteroatoms. The van der Waals surface area contributed by atoms with Crippen molar-refractivity contribution in [3.63, 3.8) is 0 Å². The average molecular weight is 336 g/mol. The normalized spacial score (nSPS) is 11.2. The number of rotatable bonds is 7. The van der Waals surface area contributed by atoms with Crippen LogP contribution in [-0.2, 0) is 16.4 Å². The van der Waals surface area contributed by atoms with E-state index in [-0.39, 0.29) is 17.1 Å². The molecule has 0 aliphatic carbocycles. The van der Waals surface area contributed by atoms with Gasteiger partial charge in [0.1, 0.15) is 5.75 Å². The fraction of sp³-hybridized carbons (Fsp3) is 0.200. The van der Waals surface area contributed by atoms with Crippen LogP contribution in [0.4, 0.5) is 5.69 Å². The number of sulfonamides is 1. The molecule has 0 spiro atoms. The highest BCUT2D eigenvalue weighted by Gasteiger charge is 2.15. The third-order valence-electron chi connectivity index (χ3n) is 3.22. The Bertz CT molecular complexity index is 771. The standard InChI is InChI=1S/C15H16N2O5S/c1-22-14-6-2-12(3-7-14)10-11-16-23(20,21)15-8-4-13(5-9-15)17(18)19/h2-9,16H,10-11H2,1H3. The minimum atomic E-state index is -3.68. The summed E-state index contributed by atoms with van der Waals surface area (Å²) in [5.74, 6) is 0.736. The van der Waals surface area contributed by atoms with Crippen molar-refractivity contribution in [2.24, 2.45) is 0 Å². The molecule has 0 saturated heterocycles. The average Bonchev–Trinajstić information content (AvgIpc) is 2.55. The molecule has 0 heterocycles. The van der Waals surface area contributed by atoms with Gasteiger partial charge in [0.2, 0.25) is 10.0 Å². The van der Waals surface area contributed by atoms with Gasteiger partial charge in [0.05, 0.1) is 16.9 Å². The number of nitro benzene ring substituents is 1. The van der Waals surface area contributed by atoms with Crippen LogP contribution in [0.25, 0.3) is 0 Å². The highest BCUT2D eigenvalue weighted by Crippen LogP contribution is 2.16. The molecule has 1 N–H and O–H groups in total. The highest BCUT2D eigenvalue weighted by atomic mass is 32.2. The summed E-state index contributed by atoms with van der Waals surface area (Å²) in [6.07, 6.45) is 0.524. The third-order valence-corrected chi connectivity index (χ3v) is 4.70. The summed E-state index contributed by atoms with van der Waals surface area (Å²) in [5.41, 5.74) is 0.819. The van der Waals surface area contributed by atoms with Crippen LogP contribution < -0.4 is 9.46 Å². The first-order chi connectivity index (χ1) is 10.9. The van der Waals surface area contributed by atoms with E-state index in [1.54, 1.807) is 19.2 Å². The zero-order valence-electron chi connectivity index (χ0n) is 12.4. The number of nitrogens with one attached hydrogen (secondary N) is 1. The van der Waals surface area contributed by atoms with Gasteiger partial charge in [-0.3, -0.25) is 10.1 Å². The van der Waals surface area contributed by atoms with E-state index < -0.39 is 14.9 Å². The Labute approximate surface area is 134 Å². The second-order valence-corrected chi connectivity index (χ2v) is 6.51. The van der Waals surface area contributed by atoms with Crippen LogP contribution in [0.1, 0.15) is 5.56 Å². The van der Waals surface area contributed by atoms with Crippen LogP contribution in [0.15, 0.2) is 53.4 Å². The Morgan fingerprint density at radius 1 is 1.09 bits per heavy atom. The van der Waals surface area contributed by atoms with Gasteiger partial charge in [-0.25, -0.2) is 13.1 Å². The Balaban J connectivity index is 1.96. The molecular formula is C15H16N2O5S. The Morgan fingerprint density at radius 3 is 2.22 bits per heavy atom. The lowest BCUT2D eigenvalue weighted by molar-refractivity contribution is -0.384. The summed E-state index contributed by atoms with van der Waals surface area (Å²) < 4.78 is 31.7. The van der Waals surface area contributed by atoms with Gasteiger partial charge in [0, 0.05) is 18.7 Å². The Hall–Kier alpha value is -2.45. The Kier molecular flexibility index (Phi) is 5.30. The van der Waals surface area contributed by atoms with E-state index in [0.29, 0.717) is 6.42 Å². The van der Waals surface area contributed by atoms with Crippen molar-refractivity contribution in [2.45, 2.75) is 11.3 Å². The summed E-state index contributed by atoms with van der Waals surface area (Å²) in [6.45, 7) is 0.228. The minimum absolute atomic E-state index is 0.00201. The van der Waals surface area contributed by atoms with Gasteiger partial charge in [0.25, 0.3) is 5.69 Å². The van der Waals surface area contributed by atoms with E-state index in [1.165, 1.54) is 12.1 Å². The quantitative estimate of drug-likeness (QED) is 0.617. The van der Waals surface area contributed by atoms with Gasteiger partial charge < -0.3 is 4.74 Å². The number of benzene rings is 2. The second kappa shape index (κ2) is 7.21. The van der Waals surface area contributed by atoms with Crippen LogP contribution in [0.3, 0.4) is 0 Å². The molecular weight excluding hydrogens is 320 g/mol. The molecule has 0 aromatic heterocycles. The van der Waals surface area contributed by atoms with Crippen molar-refractivity contribution < 1.29 is 18.1 Å². The van der Waals surface area contributed by atoms with Crippen molar-refractivity contribution in [1.82, 2.24) is 4.72 Å². The zero-order chi connectivity index (χ0) is 16.9. The summed E-state index contributed by atoms with van der Waals surface area (Å²) in [5, 5.41) is 10.6. The predicted molar refractivity (Wildman–Crippen MR) is 85.0 cm³/mol. The lowest BCUT2D eigenvalue weighted by atomic mass is 10.1. The van der Waals surface area contributed by atoms with Crippen LogP contribution in [0.5, 0.6) is 5.75 Å². The van der Waals surface area contributed by atoms with Crippen LogP contribution in [0, 0.1) is 10.1 Å². The SMILES string of the molecule is COc1ccc(CCNS(=O)(=O)c2ccc([N+](=O)[O-])cc2)cc1. The summed E-state index contributed by atoms with van der Waals surface area (Å²) >= 11 is 0. The molecule has 0 aliphatic rings. The van der Waals surface area contributed by atoms with Gasteiger partial charge in [-0.05, 0) is 36.2 Å². The monoisotopic (exact) mass is 336 g/mol. The van der Waals surface area contributed by atoms with Crippen molar-refractivity contribution in [1.29, 1.82) is 0 Å². The van der Waals surface area contributed by atoms with Gasteiger partial charge in [-0.1, -0.05) is 12.1 Å². The second-order valence-electron chi connectivity index (χ2n) is 4.75.